The van der Waals surface area contributed by atoms with Gasteiger partial charge in [0.2, 0.25) is 0 Å². The summed E-state index contributed by atoms with van der Waals surface area (Å²) in [4.78, 5) is 4.20. The zero-order valence-electron chi connectivity index (χ0n) is 12.9. The number of nitrogens with two attached hydrogens (primary N) is 1. The summed E-state index contributed by atoms with van der Waals surface area (Å²) in [5, 5.41) is 2.96. The summed E-state index contributed by atoms with van der Waals surface area (Å²) in [5.41, 5.74) is 7.15. The van der Waals surface area contributed by atoms with E-state index in [2.05, 4.69) is 10.3 Å². The topological polar surface area (TPSA) is 59.6 Å². The van der Waals surface area contributed by atoms with Gasteiger partial charge in [-0.2, -0.15) is 0 Å². The second-order valence-corrected chi connectivity index (χ2v) is 4.97. The molecule has 0 fully saturated rings. The average molecular weight is 319 g/mol. The van der Waals surface area contributed by atoms with E-state index in [0.29, 0.717) is 30.7 Å². The third kappa shape index (κ3) is 5.25. The van der Waals surface area contributed by atoms with Gasteiger partial charge < -0.3 is 15.8 Å². The third-order valence-corrected chi connectivity index (χ3v) is 3.20. The van der Waals surface area contributed by atoms with E-state index in [0.717, 1.165) is 11.8 Å². The molecule has 23 heavy (non-hydrogen) atoms. The highest BCUT2D eigenvalue weighted by Gasteiger charge is 2.03. The van der Waals surface area contributed by atoms with Gasteiger partial charge in [-0.05, 0) is 42.7 Å². The van der Waals surface area contributed by atoms with Crippen LogP contribution in [0.3, 0.4) is 0 Å². The molecule has 4 nitrogen and oxygen atoms in total. The van der Waals surface area contributed by atoms with Crippen molar-refractivity contribution in [1.29, 1.82) is 0 Å². The Kier molecular flexibility index (Phi) is 5.91. The fourth-order valence-corrected chi connectivity index (χ4v) is 2.16. The first kappa shape index (κ1) is 16.7. The molecule has 0 aromatic heterocycles. The number of para-hydroxylation sites is 2. The van der Waals surface area contributed by atoms with E-state index in [1.807, 2.05) is 24.3 Å². The first-order chi connectivity index (χ1) is 11.1. The van der Waals surface area contributed by atoms with Gasteiger partial charge in [0, 0.05) is 12.6 Å². The summed E-state index contributed by atoms with van der Waals surface area (Å²) in [6.07, 6.45) is 1.16. The molecule has 6 heteroatoms. The minimum absolute atomic E-state index is 0.264. The van der Waals surface area contributed by atoms with Crippen molar-refractivity contribution in [1.82, 2.24) is 0 Å². The van der Waals surface area contributed by atoms with E-state index in [4.69, 9.17) is 10.5 Å². The van der Waals surface area contributed by atoms with Crippen LogP contribution in [0.4, 0.5) is 14.5 Å². The highest BCUT2D eigenvalue weighted by Crippen LogP contribution is 2.22. The molecule has 2 aromatic rings. The summed E-state index contributed by atoms with van der Waals surface area (Å²) >= 11 is 0. The van der Waals surface area contributed by atoms with E-state index in [-0.39, 0.29) is 5.96 Å². The standard InChI is InChI=1S/C17H19F2N3O/c1-23-16-7-3-2-6-15(16)22-17(20)21-8-4-5-12-9-13(18)11-14(19)10-12/h2-3,6-7,9-11H,4-5,8H2,1H3,(H3,20,21,22). The molecule has 0 aliphatic carbocycles. The molecule has 0 amide bonds. The van der Waals surface area contributed by atoms with Crippen LogP contribution in [0.15, 0.2) is 47.5 Å². The maximum atomic E-state index is 13.1. The number of aryl methyl sites for hydroxylation is 1. The third-order valence-electron chi connectivity index (χ3n) is 3.20. The number of anilines is 1. The van der Waals surface area contributed by atoms with Crippen LogP contribution in [-0.2, 0) is 6.42 Å². The van der Waals surface area contributed by atoms with E-state index in [1.54, 1.807) is 7.11 Å². The molecule has 0 saturated heterocycles. The van der Waals surface area contributed by atoms with Crippen LogP contribution in [0.5, 0.6) is 5.75 Å². The number of hydrogen-bond donors (Lipinski definition) is 2. The lowest BCUT2D eigenvalue weighted by molar-refractivity contribution is 0.417. The van der Waals surface area contributed by atoms with Crippen LogP contribution < -0.4 is 15.8 Å². The SMILES string of the molecule is COc1ccccc1NC(N)=NCCCc1cc(F)cc(F)c1. The van der Waals surface area contributed by atoms with Crippen LogP contribution in [0.2, 0.25) is 0 Å². The molecule has 0 unspecified atom stereocenters. The predicted octanol–water partition coefficient (Wildman–Crippen LogP) is 3.33. The maximum Gasteiger partial charge on any atom is 0.193 e. The van der Waals surface area contributed by atoms with Gasteiger partial charge in [0.25, 0.3) is 0 Å². The normalized spacial score (nSPS) is 11.3. The molecule has 0 heterocycles. The van der Waals surface area contributed by atoms with Crippen molar-refractivity contribution in [2.75, 3.05) is 19.0 Å². The van der Waals surface area contributed by atoms with Crippen molar-refractivity contribution < 1.29 is 13.5 Å². The Morgan fingerprint density at radius 3 is 2.57 bits per heavy atom. The van der Waals surface area contributed by atoms with E-state index < -0.39 is 11.6 Å². The quantitative estimate of drug-likeness (QED) is 0.488. The fourth-order valence-electron chi connectivity index (χ4n) is 2.16. The Labute approximate surface area is 134 Å². The molecule has 2 aromatic carbocycles. The number of halogens is 2. The zero-order valence-corrected chi connectivity index (χ0v) is 12.9. The lowest BCUT2D eigenvalue weighted by Crippen LogP contribution is -2.23. The van der Waals surface area contributed by atoms with E-state index in [9.17, 15) is 8.78 Å². The zero-order chi connectivity index (χ0) is 16.7. The average Bonchev–Trinajstić information content (AvgIpc) is 2.51. The maximum absolute atomic E-state index is 13.1. The van der Waals surface area contributed by atoms with E-state index >= 15 is 0 Å². The Morgan fingerprint density at radius 1 is 1.17 bits per heavy atom. The Bertz CT molecular complexity index is 669. The molecule has 0 saturated carbocycles. The second-order valence-electron chi connectivity index (χ2n) is 4.97. The fraction of sp³-hybridized carbons (Fsp3) is 0.235. The number of benzene rings is 2. The van der Waals surface area contributed by atoms with Crippen LogP contribution in [0, 0.1) is 11.6 Å². The van der Waals surface area contributed by atoms with Gasteiger partial charge >= 0.3 is 0 Å². The smallest absolute Gasteiger partial charge is 0.193 e. The van der Waals surface area contributed by atoms with Crippen LogP contribution >= 0.6 is 0 Å². The van der Waals surface area contributed by atoms with Crippen LogP contribution in [0.25, 0.3) is 0 Å². The van der Waals surface area contributed by atoms with Crippen molar-refractivity contribution in [3.63, 3.8) is 0 Å². The number of ether oxygens (including phenoxy) is 1. The molecule has 2 rings (SSSR count). The molecule has 0 aliphatic heterocycles. The lowest BCUT2D eigenvalue weighted by atomic mass is 10.1. The van der Waals surface area contributed by atoms with Crippen LogP contribution in [0.1, 0.15) is 12.0 Å². The Hall–Kier alpha value is -2.63. The van der Waals surface area contributed by atoms with Gasteiger partial charge in [-0.25, -0.2) is 8.78 Å². The molecule has 0 bridgehead atoms. The number of rotatable bonds is 6. The lowest BCUT2D eigenvalue weighted by Gasteiger charge is -2.10. The molecule has 122 valence electrons. The molecule has 0 aliphatic rings. The molecule has 0 spiro atoms. The largest absolute Gasteiger partial charge is 0.495 e. The highest BCUT2D eigenvalue weighted by atomic mass is 19.1. The van der Waals surface area contributed by atoms with Gasteiger partial charge in [-0.3, -0.25) is 4.99 Å². The minimum Gasteiger partial charge on any atom is -0.495 e. The number of aliphatic imine (C=N–C) groups is 1. The number of methoxy groups -OCH3 is 1. The second kappa shape index (κ2) is 8.12. The summed E-state index contributed by atoms with van der Waals surface area (Å²) < 4.78 is 31.3. The van der Waals surface area contributed by atoms with Crippen LogP contribution in [-0.4, -0.2) is 19.6 Å². The number of hydrogen-bond acceptors (Lipinski definition) is 2. The number of nitrogens with one attached hydrogen (secondary N) is 1. The predicted molar refractivity (Wildman–Crippen MR) is 87.8 cm³/mol. The van der Waals surface area contributed by atoms with Gasteiger partial charge in [-0.15, -0.1) is 0 Å². The molecule has 3 N–H and O–H groups in total. The monoisotopic (exact) mass is 319 g/mol. The van der Waals surface area contributed by atoms with Crippen molar-refractivity contribution >= 4 is 11.6 Å². The first-order valence-electron chi connectivity index (χ1n) is 7.23. The van der Waals surface area contributed by atoms with Crippen molar-refractivity contribution in [2.45, 2.75) is 12.8 Å². The molecule has 0 radical (unpaired) electrons. The Balaban J connectivity index is 1.85. The van der Waals surface area contributed by atoms with Gasteiger partial charge in [-0.1, -0.05) is 12.1 Å². The number of guanidine groups is 1. The minimum atomic E-state index is -0.569. The van der Waals surface area contributed by atoms with Crippen molar-refractivity contribution in [3.05, 3.63) is 59.7 Å². The Morgan fingerprint density at radius 2 is 1.87 bits per heavy atom. The van der Waals surface area contributed by atoms with Gasteiger partial charge in [0.1, 0.15) is 17.4 Å². The molecular weight excluding hydrogens is 300 g/mol. The van der Waals surface area contributed by atoms with Crippen molar-refractivity contribution in [2.24, 2.45) is 10.7 Å². The summed E-state index contributed by atoms with van der Waals surface area (Å²) in [7, 11) is 1.58. The highest BCUT2D eigenvalue weighted by molar-refractivity contribution is 5.93. The van der Waals surface area contributed by atoms with Gasteiger partial charge in [0.05, 0.1) is 12.8 Å². The molecular formula is C17H19F2N3O. The summed E-state index contributed by atoms with van der Waals surface area (Å²) in [6.45, 7) is 0.451. The summed E-state index contributed by atoms with van der Waals surface area (Å²) in [6, 6.07) is 10.9. The van der Waals surface area contributed by atoms with Gasteiger partial charge in [0.15, 0.2) is 5.96 Å². The van der Waals surface area contributed by atoms with Crippen molar-refractivity contribution in [3.8, 4) is 5.75 Å². The summed E-state index contributed by atoms with van der Waals surface area (Å²) in [5.74, 6) is -0.206. The number of nitrogens with zero attached hydrogens (tertiary/aromatic N) is 1. The first-order valence-corrected chi connectivity index (χ1v) is 7.23. The van der Waals surface area contributed by atoms with E-state index in [1.165, 1.54) is 12.1 Å². The molecule has 0 atom stereocenters.